The fourth-order valence-electron chi connectivity index (χ4n) is 0.995. The van der Waals surface area contributed by atoms with Crippen molar-refractivity contribution >= 4 is 0 Å². The van der Waals surface area contributed by atoms with E-state index in [4.69, 9.17) is 0 Å². The van der Waals surface area contributed by atoms with Gasteiger partial charge in [0.2, 0.25) is 0 Å². The quantitative estimate of drug-likeness (QED) is 0.306. The Bertz CT molecular complexity index is 147. The number of allylic oxidation sites excluding steroid dienone is 2. The van der Waals surface area contributed by atoms with Crippen LogP contribution < -0.4 is 0 Å². The molecule has 0 aromatic carbocycles. The van der Waals surface area contributed by atoms with E-state index in [-0.39, 0.29) is 0 Å². The first kappa shape index (κ1) is 10.3. The summed E-state index contributed by atoms with van der Waals surface area (Å²) in [5, 5.41) is 0. The fourth-order valence-corrected chi connectivity index (χ4v) is 0.995. The van der Waals surface area contributed by atoms with Gasteiger partial charge < -0.3 is 0 Å². The Balaban J connectivity index is 3.24. The lowest BCUT2D eigenvalue weighted by atomic mass is 10.1. The van der Waals surface area contributed by atoms with E-state index in [9.17, 15) is 0 Å². The molecular weight excluding hydrogens is 132 g/mol. The van der Waals surface area contributed by atoms with Crippen LogP contribution in [0.2, 0.25) is 0 Å². The van der Waals surface area contributed by atoms with Gasteiger partial charge in [-0.2, -0.15) is 0 Å². The largest absolute Gasteiger partial charge is 0.128 e. The first-order chi connectivity index (χ1) is 5.31. The normalized spacial score (nSPS) is 8.82. The summed E-state index contributed by atoms with van der Waals surface area (Å²) in [7, 11) is 0. The molecular formula is C11H18. The summed E-state index contributed by atoms with van der Waals surface area (Å²) in [4.78, 5) is 0. The summed E-state index contributed by atoms with van der Waals surface area (Å²) in [6, 6.07) is 0. The molecule has 0 N–H and O–H groups in total. The molecule has 62 valence electrons. The van der Waals surface area contributed by atoms with Crippen LogP contribution in [0.5, 0.6) is 0 Å². The highest BCUT2D eigenvalue weighted by Crippen LogP contribution is 2.08. The molecule has 0 aliphatic rings. The molecule has 0 saturated carbocycles. The second-order valence-corrected chi connectivity index (χ2v) is 2.82. The van der Waals surface area contributed by atoms with Gasteiger partial charge in [-0.3, -0.25) is 0 Å². The molecule has 0 spiro atoms. The van der Waals surface area contributed by atoms with Gasteiger partial charge in [0.25, 0.3) is 0 Å². The predicted molar refractivity (Wildman–Crippen MR) is 51.6 cm³/mol. The van der Waals surface area contributed by atoms with E-state index in [1.165, 1.54) is 25.7 Å². The summed E-state index contributed by atoms with van der Waals surface area (Å²) in [5.41, 5.74) is 3.88. The zero-order valence-corrected chi connectivity index (χ0v) is 7.53. The Morgan fingerprint density at radius 3 is 2.64 bits per heavy atom. The maximum atomic E-state index is 3.88. The van der Waals surface area contributed by atoms with Crippen molar-refractivity contribution in [3.05, 3.63) is 30.5 Å². The Hall–Kier alpha value is -0.740. The van der Waals surface area contributed by atoms with Crippen LogP contribution in [0.4, 0.5) is 0 Å². The molecule has 0 aromatic heterocycles. The van der Waals surface area contributed by atoms with E-state index in [2.05, 4.69) is 25.8 Å². The third-order valence-electron chi connectivity index (χ3n) is 1.66. The smallest absolute Gasteiger partial charge is 0.0180 e. The van der Waals surface area contributed by atoms with Crippen LogP contribution in [-0.2, 0) is 0 Å². The molecule has 0 aliphatic carbocycles. The van der Waals surface area contributed by atoms with Gasteiger partial charge in [0.1, 0.15) is 0 Å². The van der Waals surface area contributed by atoms with E-state index in [0.29, 0.717) is 0 Å². The second kappa shape index (κ2) is 7.37. The number of unbranched alkanes of at least 4 members (excludes halogenated alkanes) is 3. The van der Waals surface area contributed by atoms with Gasteiger partial charge in [-0.15, -0.1) is 5.73 Å². The summed E-state index contributed by atoms with van der Waals surface area (Å²) in [5.74, 6) is 0. The number of hydrogen-bond donors (Lipinski definition) is 0. The van der Waals surface area contributed by atoms with Gasteiger partial charge in [0.05, 0.1) is 0 Å². The predicted octanol–water partition coefficient (Wildman–Crippen LogP) is 3.85. The standard InChI is InChI=1S/C11H18/c1-4-6-7-8-10-11(3)9-5-2/h9H,2-4,6-8,10H2,1H3. The minimum Gasteiger partial charge on any atom is -0.128 e. The number of rotatable bonds is 6. The van der Waals surface area contributed by atoms with Gasteiger partial charge in [0, 0.05) is 0 Å². The lowest BCUT2D eigenvalue weighted by Gasteiger charge is -1.97. The summed E-state index contributed by atoms with van der Waals surface area (Å²) >= 11 is 0. The molecule has 0 aliphatic heterocycles. The summed E-state index contributed by atoms with van der Waals surface area (Å²) in [6.45, 7) is 9.61. The molecule has 0 rings (SSSR count). The molecule has 0 aromatic rings. The van der Waals surface area contributed by atoms with Gasteiger partial charge in [0.15, 0.2) is 0 Å². The monoisotopic (exact) mass is 150 g/mol. The van der Waals surface area contributed by atoms with Crippen molar-refractivity contribution in [3.63, 3.8) is 0 Å². The second-order valence-electron chi connectivity index (χ2n) is 2.82. The Labute approximate surface area is 70.3 Å². The molecule has 0 saturated heterocycles. The van der Waals surface area contributed by atoms with Gasteiger partial charge >= 0.3 is 0 Å². The average Bonchev–Trinajstić information content (AvgIpc) is 1.99. The van der Waals surface area contributed by atoms with Crippen LogP contribution in [0.1, 0.15) is 39.0 Å². The molecule has 0 atom stereocenters. The topological polar surface area (TPSA) is 0 Å². The molecule has 0 unspecified atom stereocenters. The lowest BCUT2D eigenvalue weighted by Crippen LogP contribution is -1.78. The van der Waals surface area contributed by atoms with Crippen LogP contribution >= 0.6 is 0 Å². The fraction of sp³-hybridized carbons (Fsp3) is 0.545. The zero-order valence-electron chi connectivity index (χ0n) is 7.53. The van der Waals surface area contributed by atoms with Crippen molar-refractivity contribution in [3.8, 4) is 0 Å². The SMILES string of the molecule is C=C=CC(=C)CCCCCC. The summed E-state index contributed by atoms with van der Waals surface area (Å²) in [6.07, 6.45) is 8.18. The molecule has 0 heteroatoms. The van der Waals surface area contributed by atoms with Gasteiger partial charge in [-0.25, -0.2) is 0 Å². The van der Waals surface area contributed by atoms with E-state index < -0.39 is 0 Å². The number of hydrogen-bond acceptors (Lipinski definition) is 0. The Morgan fingerprint density at radius 1 is 1.36 bits per heavy atom. The molecule has 0 fully saturated rings. The van der Waals surface area contributed by atoms with Crippen molar-refractivity contribution < 1.29 is 0 Å². The van der Waals surface area contributed by atoms with Crippen molar-refractivity contribution in [2.45, 2.75) is 39.0 Å². The highest BCUT2D eigenvalue weighted by Gasteiger charge is 1.89. The van der Waals surface area contributed by atoms with Crippen LogP contribution in [0.15, 0.2) is 30.5 Å². The van der Waals surface area contributed by atoms with E-state index >= 15 is 0 Å². The van der Waals surface area contributed by atoms with Crippen LogP contribution in [0.25, 0.3) is 0 Å². The van der Waals surface area contributed by atoms with Crippen molar-refractivity contribution in [2.24, 2.45) is 0 Å². The van der Waals surface area contributed by atoms with E-state index in [1.807, 2.05) is 6.08 Å². The Kier molecular flexibility index (Phi) is 6.87. The lowest BCUT2D eigenvalue weighted by molar-refractivity contribution is 0.669. The van der Waals surface area contributed by atoms with E-state index in [0.717, 1.165) is 12.0 Å². The maximum absolute atomic E-state index is 3.88. The van der Waals surface area contributed by atoms with Crippen LogP contribution in [0, 0.1) is 0 Å². The van der Waals surface area contributed by atoms with Gasteiger partial charge in [-0.1, -0.05) is 39.3 Å². The van der Waals surface area contributed by atoms with Gasteiger partial charge in [-0.05, 0) is 24.5 Å². The van der Waals surface area contributed by atoms with E-state index in [1.54, 1.807) is 0 Å². The van der Waals surface area contributed by atoms with Crippen molar-refractivity contribution in [2.75, 3.05) is 0 Å². The molecule has 0 heterocycles. The minimum absolute atomic E-state index is 1.10. The maximum Gasteiger partial charge on any atom is -0.0180 e. The zero-order chi connectivity index (χ0) is 8.53. The molecule has 0 radical (unpaired) electrons. The molecule has 0 bridgehead atoms. The first-order valence-corrected chi connectivity index (χ1v) is 4.35. The Morgan fingerprint density at radius 2 is 2.09 bits per heavy atom. The highest BCUT2D eigenvalue weighted by atomic mass is 13.9. The first-order valence-electron chi connectivity index (χ1n) is 4.35. The highest BCUT2D eigenvalue weighted by molar-refractivity contribution is 5.12. The summed E-state index contributed by atoms with van der Waals surface area (Å²) < 4.78 is 0. The van der Waals surface area contributed by atoms with Crippen LogP contribution in [0.3, 0.4) is 0 Å². The van der Waals surface area contributed by atoms with Crippen LogP contribution in [-0.4, -0.2) is 0 Å². The minimum atomic E-state index is 1.10. The molecule has 11 heavy (non-hydrogen) atoms. The molecule has 0 nitrogen and oxygen atoms in total. The van der Waals surface area contributed by atoms with Crippen molar-refractivity contribution in [1.82, 2.24) is 0 Å². The average molecular weight is 150 g/mol. The third-order valence-corrected chi connectivity index (χ3v) is 1.66. The van der Waals surface area contributed by atoms with Crippen molar-refractivity contribution in [1.29, 1.82) is 0 Å². The third kappa shape index (κ3) is 7.15. The molecule has 0 amide bonds.